The van der Waals surface area contributed by atoms with Crippen molar-refractivity contribution in [1.29, 1.82) is 0 Å². The summed E-state index contributed by atoms with van der Waals surface area (Å²) in [5.74, 6) is -0.401. The van der Waals surface area contributed by atoms with Crippen molar-refractivity contribution in [3.05, 3.63) is 65.2 Å². The topological polar surface area (TPSA) is 95.6 Å². The van der Waals surface area contributed by atoms with Crippen LogP contribution in [0.15, 0.2) is 53.4 Å². The largest absolute Gasteiger partial charge is 0.295 e. The minimum atomic E-state index is -3.84. The van der Waals surface area contributed by atoms with Gasteiger partial charge >= 0.3 is 0 Å². The lowest BCUT2D eigenvalue weighted by Crippen LogP contribution is -2.41. The SMILES string of the molecule is CC1CCN(C(CNS(=O)(=O)c2ccc3c(c2)C(=O)NC3=O)c2ccccc2)CC1. The third-order valence-electron chi connectivity index (χ3n) is 5.93. The molecule has 0 bridgehead atoms. The van der Waals surface area contributed by atoms with E-state index in [1.807, 2.05) is 30.3 Å². The van der Waals surface area contributed by atoms with Crippen molar-refractivity contribution >= 4 is 21.8 Å². The molecule has 1 atom stereocenters. The van der Waals surface area contributed by atoms with E-state index < -0.39 is 21.8 Å². The predicted octanol–water partition coefficient (Wildman–Crippen LogP) is 2.32. The Morgan fingerprint density at radius 3 is 2.40 bits per heavy atom. The zero-order valence-electron chi connectivity index (χ0n) is 16.8. The number of fused-ring (bicyclic) bond motifs is 1. The summed E-state index contributed by atoms with van der Waals surface area (Å²) in [6.45, 7) is 4.31. The van der Waals surface area contributed by atoms with Gasteiger partial charge in [0.25, 0.3) is 11.8 Å². The first-order valence-electron chi connectivity index (χ1n) is 10.1. The zero-order chi connectivity index (χ0) is 21.3. The summed E-state index contributed by atoms with van der Waals surface area (Å²) in [4.78, 5) is 25.9. The number of piperidine rings is 1. The second-order valence-corrected chi connectivity index (χ2v) is 9.75. The van der Waals surface area contributed by atoms with Gasteiger partial charge in [0.2, 0.25) is 10.0 Å². The van der Waals surface area contributed by atoms with Crippen molar-refractivity contribution in [2.75, 3.05) is 19.6 Å². The lowest BCUT2D eigenvalue weighted by Gasteiger charge is -2.37. The normalized spacial score (nSPS) is 18.8. The van der Waals surface area contributed by atoms with Crippen molar-refractivity contribution in [2.24, 2.45) is 5.92 Å². The third-order valence-corrected chi connectivity index (χ3v) is 7.35. The molecule has 2 aliphatic rings. The van der Waals surface area contributed by atoms with Crippen LogP contribution in [-0.2, 0) is 10.0 Å². The molecule has 0 radical (unpaired) electrons. The van der Waals surface area contributed by atoms with Crippen molar-refractivity contribution in [3.63, 3.8) is 0 Å². The van der Waals surface area contributed by atoms with Crippen molar-refractivity contribution in [3.8, 4) is 0 Å². The monoisotopic (exact) mass is 427 g/mol. The highest BCUT2D eigenvalue weighted by Gasteiger charge is 2.30. The standard InChI is InChI=1S/C22H25N3O4S/c1-15-9-11-25(12-10-15)20(16-5-3-2-4-6-16)14-23-30(28,29)17-7-8-18-19(13-17)22(27)24-21(18)26/h2-8,13,15,20,23H,9-12,14H2,1H3,(H,24,26,27). The van der Waals surface area contributed by atoms with E-state index >= 15 is 0 Å². The number of nitrogens with one attached hydrogen (secondary N) is 2. The number of amides is 2. The highest BCUT2D eigenvalue weighted by Crippen LogP contribution is 2.27. The first-order valence-corrected chi connectivity index (χ1v) is 11.6. The molecule has 2 aromatic rings. The van der Waals surface area contributed by atoms with Crippen molar-refractivity contribution < 1.29 is 18.0 Å². The number of benzene rings is 2. The smallest absolute Gasteiger partial charge is 0.258 e. The van der Waals surface area contributed by atoms with E-state index in [0.29, 0.717) is 5.92 Å². The van der Waals surface area contributed by atoms with Crippen molar-refractivity contribution in [2.45, 2.75) is 30.7 Å². The molecular weight excluding hydrogens is 402 g/mol. The molecule has 2 aromatic carbocycles. The quantitative estimate of drug-likeness (QED) is 0.690. The first kappa shape index (κ1) is 20.7. The molecule has 4 rings (SSSR count). The van der Waals surface area contributed by atoms with Crippen LogP contribution in [0.4, 0.5) is 0 Å². The fourth-order valence-electron chi connectivity index (χ4n) is 4.06. The van der Waals surface area contributed by atoms with E-state index in [9.17, 15) is 18.0 Å². The van der Waals surface area contributed by atoms with E-state index in [1.54, 1.807) is 0 Å². The highest BCUT2D eigenvalue weighted by molar-refractivity contribution is 7.89. The van der Waals surface area contributed by atoms with Crippen LogP contribution in [0.5, 0.6) is 0 Å². The Hall–Kier alpha value is -2.55. The van der Waals surface area contributed by atoms with Crippen LogP contribution in [0.2, 0.25) is 0 Å². The average molecular weight is 428 g/mol. The first-order chi connectivity index (χ1) is 14.3. The van der Waals surface area contributed by atoms with Gasteiger partial charge < -0.3 is 0 Å². The summed E-state index contributed by atoms with van der Waals surface area (Å²) < 4.78 is 28.6. The van der Waals surface area contributed by atoms with Crippen molar-refractivity contribution in [1.82, 2.24) is 14.9 Å². The summed E-state index contributed by atoms with van der Waals surface area (Å²) in [6, 6.07) is 13.8. The molecule has 7 nitrogen and oxygen atoms in total. The number of likely N-dealkylation sites (tertiary alicyclic amines) is 1. The van der Waals surface area contributed by atoms with Crippen LogP contribution in [-0.4, -0.2) is 44.8 Å². The molecular formula is C22H25N3O4S. The number of nitrogens with zero attached hydrogens (tertiary/aromatic N) is 1. The number of imide groups is 1. The average Bonchev–Trinajstić information content (AvgIpc) is 3.03. The lowest BCUT2D eigenvalue weighted by atomic mass is 9.96. The summed E-state index contributed by atoms with van der Waals surface area (Å²) in [5.41, 5.74) is 1.35. The molecule has 2 heterocycles. The van der Waals surface area contributed by atoms with Gasteiger partial charge in [0.1, 0.15) is 0 Å². The van der Waals surface area contributed by atoms with E-state index in [2.05, 4.69) is 21.9 Å². The predicted molar refractivity (Wildman–Crippen MR) is 113 cm³/mol. The van der Waals surface area contributed by atoms with E-state index in [0.717, 1.165) is 31.5 Å². The molecule has 1 saturated heterocycles. The van der Waals surface area contributed by atoms with Crippen LogP contribution < -0.4 is 10.0 Å². The maximum atomic E-state index is 12.9. The minimum Gasteiger partial charge on any atom is -0.295 e. The number of hydrogen-bond acceptors (Lipinski definition) is 5. The molecule has 0 saturated carbocycles. The third kappa shape index (κ3) is 4.16. The minimum absolute atomic E-state index is 0.0230. The van der Waals surface area contributed by atoms with Crippen LogP contribution >= 0.6 is 0 Å². The Labute approximate surface area is 176 Å². The molecule has 0 aromatic heterocycles. The fourth-order valence-corrected chi connectivity index (χ4v) is 5.12. The molecule has 158 valence electrons. The van der Waals surface area contributed by atoms with Gasteiger partial charge in [0, 0.05) is 12.6 Å². The van der Waals surface area contributed by atoms with E-state index in [1.165, 1.54) is 18.2 Å². The Kier molecular flexibility index (Phi) is 5.73. The fraction of sp³-hybridized carbons (Fsp3) is 0.364. The molecule has 30 heavy (non-hydrogen) atoms. The molecule has 8 heteroatoms. The maximum absolute atomic E-state index is 12.9. The van der Waals surface area contributed by atoms with Gasteiger partial charge in [-0.15, -0.1) is 0 Å². The lowest BCUT2D eigenvalue weighted by molar-refractivity contribution is 0.0879. The Morgan fingerprint density at radius 1 is 1.03 bits per heavy atom. The number of carbonyl (C=O) groups is 2. The summed E-state index contributed by atoms with van der Waals surface area (Å²) in [5, 5.41) is 2.18. The van der Waals surface area contributed by atoms with E-state index in [-0.39, 0.29) is 28.6 Å². The van der Waals surface area contributed by atoms with Gasteiger partial charge in [-0.05, 0) is 55.6 Å². The van der Waals surface area contributed by atoms with Gasteiger partial charge in [-0.2, -0.15) is 0 Å². The van der Waals surface area contributed by atoms with Gasteiger partial charge in [0.15, 0.2) is 0 Å². The highest BCUT2D eigenvalue weighted by atomic mass is 32.2. The molecule has 1 unspecified atom stereocenters. The number of rotatable bonds is 6. The Morgan fingerprint density at radius 2 is 1.70 bits per heavy atom. The summed E-state index contributed by atoms with van der Waals surface area (Å²) in [6.07, 6.45) is 2.17. The number of carbonyl (C=O) groups excluding carboxylic acids is 2. The molecule has 0 aliphatic carbocycles. The van der Waals surface area contributed by atoms with Gasteiger partial charge in [-0.3, -0.25) is 19.8 Å². The molecule has 2 N–H and O–H groups in total. The maximum Gasteiger partial charge on any atom is 0.258 e. The van der Waals surface area contributed by atoms with Crippen LogP contribution in [0, 0.1) is 5.92 Å². The van der Waals surface area contributed by atoms with Crippen LogP contribution in [0.3, 0.4) is 0 Å². The molecule has 2 aliphatic heterocycles. The summed E-state index contributed by atoms with van der Waals surface area (Å²) >= 11 is 0. The van der Waals surface area contributed by atoms with Crippen LogP contribution in [0.1, 0.15) is 52.1 Å². The second kappa shape index (κ2) is 8.29. The van der Waals surface area contributed by atoms with Gasteiger partial charge in [-0.25, -0.2) is 13.1 Å². The molecule has 0 spiro atoms. The van der Waals surface area contributed by atoms with Crippen LogP contribution in [0.25, 0.3) is 0 Å². The number of hydrogen-bond donors (Lipinski definition) is 2. The summed E-state index contributed by atoms with van der Waals surface area (Å²) in [7, 11) is -3.84. The second-order valence-electron chi connectivity index (χ2n) is 7.99. The van der Waals surface area contributed by atoms with Gasteiger partial charge in [0.05, 0.1) is 16.0 Å². The zero-order valence-corrected chi connectivity index (χ0v) is 17.6. The number of sulfonamides is 1. The molecule has 2 amide bonds. The van der Waals surface area contributed by atoms with Gasteiger partial charge in [-0.1, -0.05) is 37.3 Å². The Balaban J connectivity index is 1.55. The Bertz CT molecular complexity index is 1060. The van der Waals surface area contributed by atoms with E-state index in [4.69, 9.17) is 0 Å². The molecule has 1 fully saturated rings.